The zero-order valence-corrected chi connectivity index (χ0v) is 7.89. The molecule has 1 amide bonds. The number of halogens is 2. The van der Waals surface area contributed by atoms with Gasteiger partial charge in [-0.05, 0) is 35.6 Å². The van der Waals surface area contributed by atoms with Gasteiger partial charge in [0.05, 0.1) is 0 Å². The first-order valence-corrected chi connectivity index (χ1v) is 4.56. The molecule has 0 bridgehead atoms. The molecule has 0 aliphatic heterocycles. The van der Waals surface area contributed by atoms with E-state index in [0.717, 1.165) is 6.07 Å². The first kappa shape index (κ1) is 9.83. The molecule has 0 atom stereocenters. The zero-order valence-electron chi connectivity index (χ0n) is 7.89. The molecule has 0 saturated heterocycles. The van der Waals surface area contributed by atoms with Crippen molar-refractivity contribution in [1.29, 1.82) is 0 Å². The van der Waals surface area contributed by atoms with Crippen molar-refractivity contribution in [3.05, 3.63) is 41.0 Å². The first-order valence-electron chi connectivity index (χ1n) is 4.56. The van der Waals surface area contributed by atoms with Crippen molar-refractivity contribution < 1.29 is 13.6 Å². The Morgan fingerprint density at radius 2 is 2.07 bits per heavy atom. The molecule has 0 aromatic heterocycles. The maximum atomic E-state index is 13.3. The molecule has 15 heavy (non-hydrogen) atoms. The molecule has 0 unspecified atom stereocenters. The molecule has 2 nitrogen and oxygen atoms in total. The SMILES string of the molecule is NC(=O)C=C1CCc2c(F)cc(F)cc21. The molecule has 1 aromatic carbocycles. The number of nitrogens with two attached hydrogens (primary N) is 1. The number of hydrogen-bond acceptors (Lipinski definition) is 1. The lowest BCUT2D eigenvalue weighted by atomic mass is 10.1. The molecule has 1 aliphatic rings. The van der Waals surface area contributed by atoms with Crippen LogP contribution in [0.5, 0.6) is 0 Å². The number of primary amides is 1. The summed E-state index contributed by atoms with van der Waals surface area (Å²) in [6.07, 6.45) is 2.24. The van der Waals surface area contributed by atoms with Gasteiger partial charge in [-0.3, -0.25) is 4.79 Å². The van der Waals surface area contributed by atoms with Crippen LogP contribution in [0.4, 0.5) is 8.78 Å². The summed E-state index contributed by atoms with van der Waals surface area (Å²) < 4.78 is 26.2. The highest BCUT2D eigenvalue weighted by atomic mass is 19.1. The van der Waals surface area contributed by atoms with Crippen LogP contribution in [-0.4, -0.2) is 5.91 Å². The molecule has 0 radical (unpaired) electrons. The number of benzene rings is 1. The molecule has 0 saturated carbocycles. The van der Waals surface area contributed by atoms with Gasteiger partial charge in [0, 0.05) is 12.1 Å². The standard InChI is InChI=1S/C11H9F2NO/c12-7-4-9-6(3-11(14)15)1-2-8(9)10(13)5-7/h3-5H,1-2H2,(H2,14,15). The van der Waals surface area contributed by atoms with Crippen LogP contribution in [0.15, 0.2) is 18.2 Å². The fraction of sp³-hybridized carbons (Fsp3) is 0.182. The number of carbonyl (C=O) groups is 1. The van der Waals surface area contributed by atoms with Crippen LogP contribution in [0.2, 0.25) is 0 Å². The van der Waals surface area contributed by atoms with Crippen molar-refractivity contribution >= 4 is 11.5 Å². The van der Waals surface area contributed by atoms with Crippen LogP contribution < -0.4 is 5.73 Å². The highest BCUT2D eigenvalue weighted by Gasteiger charge is 2.21. The highest BCUT2D eigenvalue weighted by molar-refractivity contribution is 5.95. The predicted octanol–water partition coefficient (Wildman–Crippen LogP) is 1.78. The molecule has 2 rings (SSSR count). The van der Waals surface area contributed by atoms with Gasteiger partial charge < -0.3 is 5.73 Å². The maximum Gasteiger partial charge on any atom is 0.241 e. The number of amides is 1. The average molecular weight is 209 g/mol. The van der Waals surface area contributed by atoms with E-state index < -0.39 is 17.5 Å². The summed E-state index contributed by atoms with van der Waals surface area (Å²) in [6.45, 7) is 0. The summed E-state index contributed by atoms with van der Waals surface area (Å²) in [5, 5.41) is 0. The Morgan fingerprint density at radius 1 is 1.33 bits per heavy atom. The van der Waals surface area contributed by atoms with Gasteiger partial charge in [-0.15, -0.1) is 0 Å². The summed E-state index contributed by atoms with van der Waals surface area (Å²) in [5.74, 6) is -1.79. The number of fused-ring (bicyclic) bond motifs is 1. The van der Waals surface area contributed by atoms with Crippen molar-refractivity contribution in [2.24, 2.45) is 5.73 Å². The van der Waals surface area contributed by atoms with Gasteiger partial charge in [0.1, 0.15) is 11.6 Å². The molecule has 0 fully saturated rings. The summed E-state index contributed by atoms with van der Waals surface area (Å²) in [4.78, 5) is 10.7. The second-order valence-electron chi connectivity index (χ2n) is 3.49. The third-order valence-corrected chi connectivity index (χ3v) is 2.47. The Kier molecular flexibility index (Phi) is 2.26. The van der Waals surface area contributed by atoms with E-state index in [1.165, 1.54) is 12.1 Å². The lowest BCUT2D eigenvalue weighted by molar-refractivity contribution is -0.113. The molecule has 1 aliphatic carbocycles. The Balaban J connectivity index is 2.55. The summed E-state index contributed by atoms with van der Waals surface area (Å²) in [5.41, 5.74) is 6.54. The maximum absolute atomic E-state index is 13.3. The Bertz CT molecular complexity index is 466. The van der Waals surface area contributed by atoms with E-state index >= 15 is 0 Å². The summed E-state index contributed by atoms with van der Waals surface area (Å²) in [7, 11) is 0. The summed E-state index contributed by atoms with van der Waals surface area (Å²) >= 11 is 0. The van der Waals surface area contributed by atoms with E-state index in [0.29, 0.717) is 29.5 Å². The topological polar surface area (TPSA) is 43.1 Å². The number of rotatable bonds is 1. The quantitative estimate of drug-likeness (QED) is 0.704. The minimum absolute atomic E-state index is 0.462. The fourth-order valence-electron chi connectivity index (χ4n) is 1.86. The molecule has 0 spiro atoms. The molecular formula is C11H9F2NO. The van der Waals surface area contributed by atoms with Crippen LogP contribution in [0.3, 0.4) is 0 Å². The third kappa shape index (κ3) is 1.75. The first-order chi connectivity index (χ1) is 7.08. The Labute approximate surface area is 85.4 Å². The smallest absolute Gasteiger partial charge is 0.241 e. The second-order valence-corrected chi connectivity index (χ2v) is 3.49. The minimum atomic E-state index is -0.636. The van der Waals surface area contributed by atoms with E-state index in [9.17, 15) is 13.6 Å². The van der Waals surface area contributed by atoms with Crippen LogP contribution in [0.1, 0.15) is 17.5 Å². The average Bonchev–Trinajstić information content (AvgIpc) is 2.48. The van der Waals surface area contributed by atoms with Gasteiger partial charge in [-0.25, -0.2) is 8.78 Å². The van der Waals surface area contributed by atoms with Crippen LogP contribution in [-0.2, 0) is 11.2 Å². The molecule has 0 heterocycles. The second kappa shape index (κ2) is 3.46. The van der Waals surface area contributed by atoms with E-state index in [4.69, 9.17) is 5.73 Å². The summed E-state index contributed by atoms with van der Waals surface area (Å²) in [6, 6.07) is 2.09. The molecule has 4 heteroatoms. The molecule has 1 aromatic rings. The monoisotopic (exact) mass is 209 g/mol. The largest absolute Gasteiger partial charge is 0.366 e. The van der Waals surface area contributed by atoms with E-state index in [1.807, 2.05) is 0 Å². The van der Waals surface area contributed by atoms with Crippen molar-refractivity contribution in [2.45, 2.75) is 12.8 Å². The molecule has 78 valence electrons. The van der Waals surface area contributed by atoms with Gasteiger partial charge in [-0.1, -0.05) is 0 Å². The van der Waals surface area contributed by atoms with Crippen molar-refractivity contribution in [3.63, 3.8) is 0 Å². The van der Waals surface area contributed by atoms with Crippen LogP contribution >= 0.6 is 0 Å². The van der Waals surface area contributed by atoms with Gasteiger partial charge in [0.25, 0.3) is 0 Å². The fourth-order valence-corrected chi connectivity index (χ4v) is 1.86. The van der Waals surface area contributed by atoms with Crippen molar-refractivity contribution in [1.82, 2.24) is 0 Å². The third-order valence-electron chi connectivity index (χ3n) is 2.47. The highest BCUT2D eigenvalue weighted by Crippen LogP contribution is 2.34. The van der Waals surface area contributed by atoms with Gasteiger partial charge >= 0.3 is 0 Å². The van der Waals surface area contributed by atoms with E-state index in [1.54, 1.807) is 0 Å². The van der Waals surface area contributed by atoms with E-state index in [2.05, 4.69) is 0 Å². The predicted molar refractivity (Wildman–Crippen MR) is 51.9 cm³/mol. The van der Waals surface area contributed by atoms with Gasteiger partial charge in [0.2, 0.25) is 5.91 Å². The van der Waals surface area contributed by atoms with E-state index in [-0.39, 0.29) is 0 Å². The number of allylic oxidation sites excluding steroid dienone is 1. The lowest BCUT2D eigenvalue weighted by Crippen LogP contribution is -2.06. The van der Waals surface area contributed by atoms with Gasteiger partial charge in [-0.2, -0.15) is 0 Å². The Hall–Kier alpha value is -1.71. The molecular weight excluding hydrogens is 200 g/mol. The molecule has 2 N–H and O–H groups in total. The van der Waals surface area contributed by atoms with Crippen LogP contribution in [0, 0.1) is 11.6 Å². The zero-order chi connectivity index (χ0) is 11.0. The Morgan fingerprint density at radius 3 is 2.73 bits per heavy atom. The lowest BCUT2D eigenvalue weighted by Gasteiger charge is -2.01. The van der Waals surface area contributed by atoms with Crippen LogP contribution in [0.25, 0.3) is 5.57 Å². The number of carbonyl (C=O) groups excluding carboxylic acids is 1. The normalized spacial score (nSPS) is 16.8. The van der Waals surface area contributed by atoms with Crippen molar-refractivity contribution in [2.75, 3.05) is 0 Å². The van der Waals surface area contributed by atoms with Gasteiger partial charge in [0.15, 0.2) is 0 Å². The number of hydrogen-bond donors (Lipinski definition) is 1. The minimum Gasteiger partial charge on any atom is -0.366 e. The van der Waals surface area contributed by atoms with Crippen molar-refractivity contribution in [3.8, 4) is 0 Å².